The molecule has 0 saturated heterocycles. The number of carbonyl (C=O) groups is 1. The van der Waals surface area contributed by atoms with Crippen molar-refractivity contribution < 1.29 is 9.53 Å². The van der Waals surface area contributed by atoms with Crippen molar-refractivity contribution in [2.24, 2.45) is 0 Å². The summed E-state index contributed by atoms with van der Waals surface area (Å²) in [5.41, 5.74) is 1.69. The van der Waals surface area contributed by atoms with E-state index in [2.05, 4.69) is 34.6 Å². The molecule has 3 aromatic rings. The average molecular weight is 312 g/mol. The predicted molar refractivity (Wildman–Crippen MR) is 91.1 cm³/mol. The zero-order valence-electron chi connectivity index (χ0n) is 12.4. The second-order valence-electron chi connectivity index (χ2n) is 4.86. The van der Waals surface area contributed by atoms with Gasteiger partial charge < -0.3 is 10.1 Å². The molecule has 5 heteroatoms. The highest BCUT2D eigenvalue weighted by atomic mass is 32.1. The number of allylic oxidation sites excluding steroid dienone is 1. The van der Waals surface area contributed by atoms with Gasteiger partial charge in [0.25, 0.3) is 0 Å². The molecule has 1 heterocycles. The summed E-state index contributed by atoms with van der Waals surface area (Å²) in [5, 5.41) is 6.23. The standard InChI is InChI=1S/C17H16N2O2S/c1-3-21-15(20)10-11(2)18-17-19-16-13-7-5-4-6-12(13)8-9-14(16)22-17/h4-10H,3H2,1-2H3,(H,18,19). The number of aromatic nitrogens is 1. The van der Waals surface area contributed by atoms with Gasteiger partial charge in [0.1, 0.15) is 0 Å². The fourth-order valence-electron chi connectivity index (χ4n) is 2.28. The third-order valence-electron chi connectivity index (χ3n) is 3.21. The van der Waals surface area contributed by atoms with E-state index in [-0.39, 0.29) is 5.97 Å². The van der Waals surface area contributed by atoms with E-state index in [1.165, 1.54) is 11.5 Å². The minimum absolute atomic E-state index is 0.348. The molecule has 0 aliphatic rings. The summed E-state index contributed by atoms with van der Waals surface area (Å²) in [6, 6.07) is 12.4. The minimum atomic E-state index is -0.348. The van der Waals surface area contributed by atoms with Crippen molar-refractivity contribution in [2.75, 3.05) is 11.9 Å². The van der Waals surface area contributed by atoms with Crippen molar-refractivity contribution in [3.63, 3.8) is 0 Å². The van der Waals surface area contributed by atoms with Crippen LogP contribution in [0.3, 0.4) is 0 Å². The smallest absolute Gasteiger partial charge is 0.332 e. The molecule has 1 N–H and O–H groups in total. The summed E-state index contributed by atoms with van der Waals surface area (Å²) in [4.78, 5) is 16.1. The number of rotatable bonds is 4. The number of hydrogen-bond donors (Lipinski definition) is 1. The highest BCUT2D eigenvalue weighted by molar-refractivity contribution is 7.22. The van der Waals surface area contributed by atoms with Crippen LogP contribution in [0.2, 0.25) is 0 Å². The number of fused-ring (bicyclic) bond motifs is 3. The van der Waals surface area contributed by atoms with Crippen LogP contribution in [0.4, 0.5) is 5.13 Å². The summed E-state index contributed by atoms with van der Waals surface area (Å²) in [7, 11) is 0. The minimum Gasteiger partial charge on any atom is -0.463 e. The first-order valence-corrected chi connectivity index (χ1v) is 7.89. The maximum atomic E-state index is 11.4. The van der Waals surface area contributed by atoms with Gasteiger partial charge in [0.2, 0.25) is 0 Å². The van der Waals surface area contributed by atoms with Gasteiger partial charge in [-0.3, -0.25) is 0 Å². The molecule has 3 rings (SSSR count). The van der Waals surface area contributed by atoms with Crippen LogP contribution < -0.4 is 5.32 Å². The Balaban J connectivity index is 1.92. The molecule has 0 aliphatic carbocycles. The van der Waals surface area contributed by atoms with Crippen molar-refractivity contribution in [1.82, 2.24) is 4.98 Å². The Morgan fingerprint density at radius 2 is 2.14 bits per heavy atom. The molecule has 0 spiro atoms. The van der Waals surface area contributed by atoms with E-state index in [1.54, 1.807) is 18.3 Å². The lowest BCUT2D eigenvalue weighted by Crippen LogP contribution is -2.04. The van der Waals surface area contributed by atoms with E-state index in [1.807, 2.05) is 19.1 Å². The Bertz CT molecular complexity index is 867. The Labute approximate surface area is 132 Å². The topological polar surface area (TPSA) is 51.2 Å². The van der Waals surface area contributed by atoms with Gasteiger partial charge in [0, 0.05) is 17.2 Å². The van der Waals surface area contributed by atoms with Gasteiger partial charge >= 0.3 is 5.97 Å². The molecular formula is C17H16N2O2S. The Kier molecular flexibility index (Phi) is 4.06. The molecule has 0 radical (unpaired) electrons. The van der Waals surface area contributed by atoms with Crippen molar-refractivity contribution in [1.29, 1.82) is 0 Å². The van der Waals surface area contributed by atoms with Crippen LogP contribution in [0.25, 0.3) is 21.0 Å². The largest absolute Gasteiger partial charge is 0.463 e. The summed E-state index contributed by atoms with van der Waals surface area (Å²) < 4.78 is 6.01. The van der Waals surface area contributed by atoms with Gasteiger partial charge in [-0.1, -0.05) is 41.7 Å². The third kappa shape index (κ3) is 2.94. The molecule has 0 fully saturated rings. The summed E-state index contributed by atoms with van der Waals surface area (Å²) in [6.07, 6.45) is 1.44. The lowest BCUT2D eigenvalue weighted by molar-refractivity contribution is -0.137. The summed E-state index contributed by atoms with van der Waals surface area (Å²) in [5.74, 6) is -0.348. The zero-order chi connectivity index (χ0) is 15.5. The van der Waals surface area contributed by atoms with Crippen LogP contribution in [-0.4, -0.2) is 17.6 Å². The van der Waals surface area contributed by atoms with Gasteiger partial charge in [-0.2, -0.15) is 0 Å². The number of benzene rings is 2. The summed E-state index contributed by atoms with van der Waals surface area (Å²) in [6.45, 7) is 3.98. The monoisotopic (exact) mass is 312 g/mol. The fraction of sp³-hybridized carbons (Fsp3) is 0.176. The van der Waals surface area contributed by atoms with E-state index in [9.17, 15) is 4.79 Å². The maximum Gasteiger partial charge on any atom is 0.332 e. The predicted octanol–water partition coefficient (Wildman–Crippen LogP) is 4.33. The zero-order valence-corrected chi connectivity index (χ0v) is 13.2. The van der Waals surface area contributed by atoms with Crippen LogP contribution in [0, 0.1) is 0 Å². The van der Waals surface area contributed by atoms with Crippen LogP contribution in [0.1, 0.15) is 13.8 Å². The highest BCUT2D eigenvalue weighted by Crippen LogP contribution is 2.32. The summed E-state index contributed by atoms with van der Waals surface area (Å²) >= 11 is 1.57. The molecule has 0 amide bonds. The van der Waals surface area contributed by atoms with Gasteiger partial charge in [0.15, 0.2) is 5.13 Å². The number of nitrogens with zero attached hydrogens (tertiary/aromatic N) is 1. The molecule has 0 aliphatic heterocycles. The second kappa shape index (κ2) is 6.15. The Hall–Kier alpha value is -2.40. The number of carbonyl (C=O) groups excluding carboxylic acids is 1. The van der Waals surface area contributed by atoms with E-state index < -0.39 is 0 Å². The highest BCUT2D eigenvalue weighted by Gasteiger charge is 2.08. The molecule has 0 saturated carbocycles. The van der Waals surface area contributed by atoms with Crippen LogP contribution in [-0.2, 0) is 9.53 Å². The lowest BCUT2D eigenvalue weighted by Gasteiger charge is -2.02. The van der Waals surface area contributed by atoms with Gasteiger partial charge in [-0.15, -0.1) is 0 Å². The number of nitrogens with one attached hydrogen (secondary N) is 1. The van der Waals surface area contributed by atoms with Crippen molar-refractivity contribution in [3.8, 4) is 0 Å². The maximum absolute atomic E-state index is 11.4. The fourth-order valence-corrected chi connectivity index (χ4v) is 3.23. The number of hydrogen-bond acceptors (Lipinski definition) is 5. The Morgan fingerprint density at radius 1 is 1.32 bits per heavy atom. The SMILES string of the molecule is CCOC(=O)C=C(C)Nc1nc2c(ccc3ccccc32)s1. The first-order valence-electron chi connectivity index (χ1n) is 7.07. The Morgan fingerprint density at radius 3 is 2.95 bits per heavy atom. The molecule has 0 atom stereocenters. The van der Waals surface area contributed by atoms with Crippen LogP contribution in [0.15, 0.2) is 48.2 Å². The molecule has 2 aromatic carbocycles. The van der Waals surface area contributed by atoms with Gasteiger partial charge in [-0.25, -0.2) is 9.78 Å². The molecule has 4 nitrogen and oxygen atoms in total. The van der Waals surface area contributed by atoms with E-state index in [0.29, 0.717) is 12.3 Å². The molecule has 22 heavy (non-hydrogen) atoms. The molecule has 1 aromatic heterocycles. The van der Waals surface area contributed by atoms with Crippen molar-refractivity contribution in [3.05, 3.63) is 48.2 Å². The van der Waals surface area contributed by atoms with E-state index in [0.717, 1.165) is 20.7 Å². The van der Waals surface area contributed by atoms with Crippen molar-refractivity contribution in [2.45, 2.75) is 13.8 Å². The first-order chi connectivity index (χ1) is 10.7. The van der Waals surface area contributed by atoms with Crippen LogP contribution >= 0.6 is 11.3 Å². The lowest BCUT2D eigenvalue weighted by atomic mass is 10.1. The molecule has 0 bridgehead atoms. The second-order valence-corrected chi connectivity index (χ2v) is 5.89. The number of thiazole rings is 1. The quantitative estimate of drug-likeness (QED) is 0.575. The van der Waals surface area contributed by atoms with Gasteiger partial charge in [0.05, 0.1) is 16.8 Å². The molecular weight excluding hydrogens is 296 g/mol. The molecule has 0 unspecified atom stereocenters. The third-order valence-corrected chi connectivity index (χ3v) is 4.14. The van der Waals surface area contributed by atoms with Gasteiger partial charge in [-0.05, 0) is 25.3 Å². The number of anilines is 1. The first kappa shape index (κ1) is 14.5. The number of esters is 1. The number of ether oxygens (including phenoxy) is 1. The average Bonchev–Trinajstić information content (AvgIpc) is 2.90. The van der Waals surface area contributed by atoms with Crippen LogP contribution in [0.5, 0.6) is 0 Å². The van der Waals surface area contributed by atoms with Crippen molar-refractivity contribution >= 4 is 43.4 Å². The van der Waals surface area contributed by atoms with E-state index in [4.69, 9.17) is 4.74 Å². The normalized spacial score (nSPS) is 11.8. The molecule has 112 valence electrons. The van der Waals surface area contributed by atoms with E-state index >= 15 is 0 Å².